The molecule has 0 bridgehead atoms. The molecule has 10 rings (SSSR count). The van der Waals surface area contributed by atoms with Crippen molar-refractivity contribution in [3.63, 3.8) is 0 Å². The molecule has 1 atom stereocenters. The average molecular weight is 701 g/mol. The predicted octanol–water partition coefficient (Wildman–Crippen LogP) is 15.2. The molecule has 0 nitrogen and oxygen atoms in total. The fourth-order valence-electron chi connectivity index (χ4n) is 8.67. The summed E-state index contributed by atoms with van der Waals surface area (Å²) in [7, 11) is 0. The molecule has 55 heavy (non-hydrogen) atoms. The molecule has 0 heterocycles. The maximum atomic E-state index is 2.39. The molecule has 0 radical (unpaired) electrons. The van der Waals surface area contributed by atoms with Gasteiger partial charge in [0.1, 0.15) is 0 Å². The second kappa shape index (κ2) is 13.9. The Hall–Kier alpha value is -6.76. The Morgan fingerprint density at radius 1 is 0.364 bits per heavy atom. The first-order valence-electron chi connectivity index (χ1n) is 19.3. The van der Waals surface area contributed by atoms with Crippen LogP contribution in [0.25, 0.3) is 82.4 Å². The van der Waals surface area contributed by atoms with E-state index >= 15 is 0 Å². The quantitative estimate of drug-likeness (QED) is 0.152. The van der Waals surface area contributed by atoms with Crippen LogP contribution in [0.2, 0.25) is 0 Å². The molecule has 0 N–H and O–H groups in total. The van der Waals surface area contributed by atoms with Crippen molar-refractivity contribution in [3.05, 3.63) is 223 Å². The van der Waals surface area contributed by atoms with Gasteiger partial charge in [0.05, 0.1) is 0 Å². The van der Waals surface area contributed by atoms with Crippen molar-refractivity contribution < 1.29 is 0 Å². The predicted molar refractivity (Wildman–Crippen MR) is 236 cm³/mol. The largest absolute Gasteiger partial charge is 0.0767 e. The monoisotopic (exact) mass is 700 g/mol. The van der Waals surface area contributed by atoms with Crippen molar-refractivity contribution in [2.24, 2.45) is 0 Å². The molecule has 0 fully saturated rings. The number of aryl methyl sites for hydroxylation is 1. The van der Waals surface area contributed by atoms with Crippen LogP contribution in [0.4, 0.5) is 0 Å². The molecular weight excluding hydrogens is 661 g/mol. The van der Waals surface area contributed by atoms with Crippen LogP contribution < -0.4 is 0 Å². The van der Waals surface area contributed by atoms with Crippen LogP contribution in [0, 0.1) is 6.92 Å². The fourth-order valence-corrected chi connectivity index (χ4v) is 8.67. The second-order valence-electron chi connectivity index (χ2n) is 14.9. The number of fused-ring (bicyclic) bond motifs is 6. The summed E-state index contributed by atoms with van der Waals surface area (Å²) < 4.78 is 0. The molecule has 0 spiro atoms. The normalized spacial score (nSPS) is 14.1. The van der Waals surface area contributed by atoms with Crippen molar-refractivity contribution >= 4 is 37.9 Å². The van der Waals surface area contributed by atoms with Gasteiger partial charge in [0.25, 0.3) is 0 Å². The van der Waals surface area contributed by atoms with E-state index in [-0.39, 0.29) is 0 Å². The first-order valence-corrected chi connectivity index (χ1v) is 19.3. The summed E-state index contributed by atoms with van der Waals surface area (Å²) in [5.41, 5.74) is 15.3. The minimum Gasteiger partial charge on any atom is -0.0767 e. The van der Waals surface area contributed by atoms with Gasteiger partial charge in [-0.3, -0.25) is 0 Å². The van der Waals surface area contributed by atoms with Crippen LogP contribution in [0.3, 0.4) is 0 Å². The summed E-state index contributed by atoms with van der Waals surface area (Å²) >= 11 is 0. The number of allylic oxidation sites excluding steroid dienone is 4. The van der Waals surface area contributed by atoms with E-state index in [0.29, 0.717) is 5.92 Å². The highest BCUT2D eigenvalue weighted by Gasteiger charge is 2.17. The van der Waals surface area contributed by atoms with Gasteiger partial charge in [0.15, 0.2) is 0 Å². The number of hydrogen-bond donors (Lipinski definition) is 0. The van der Waals surface area contributed by atoms with E-state index in [0.717, 1.165) is 6.42 Å². The van der Waals surface area contributed by atoms with Gasteiger partial charge in [-0.25, -0.2) is 0 Å². The van der Waals surface area contributed by atoms with Crippen molar-refractivity contribution in [3.8, 4) is 44.5 Å². The van der Waals surface area contributed by atoms with E-state index in [1.807, 2.05) is 0 Å². The lowest BCUT2D eigenvalue weighted by molar-refractivity contribution is 0.868. The molecule has 0 saturated heterocycles. The zero-order valence-corrected chi connectivity index (χ0v) is 30.9. The van der Waals surface area contributed by atoms with Crippen LogP contribution in [-0.4, -0.2) is 0 Å². The van der Waals surface area contributed by atoms with Crippen molar-refractivity contribution in [2.75, 3.05) is 0 Å². The Morgan fingerprint density at radius 2 is 0.855 bits per heavy atom. The zero-order chi connectivity index (χ0) is 36.7. The highest BCUT2D eigenvalue weighted by Crippen LogP contribution is 2.39. The molecular formula is C55H40. The van der Waals surface area contributed by atoms with Gasteiger partial charge in [-0.2, -0.15) is 0 Å². The highest BCUT2D eigenvalue weighted by molar-refractivity contribution is 6.25. The molecule has 0 aromatic heterocycles. The lowest BCUT2D eigenvalue weighted by Gasteiger charge is -2.20. The van der Waals surface area contributed by atoms with Crippen LogP contribution >= 0.6 is 0 Å². The average Bonchev–Trinajstić information content (AvgIpc) is 3.27. The minimum atomic E-state index is 0.341. The van der Waals surface area contributed by atoms with Gasteiger partial charge in [-0.05, 0) is 125 Å². The number of hydrogen-bond acceptors (Lipinski definition) is 0. The summed E-state index contributed by atoms with van der Waals surface area (Å²) in [5.74, 6) is 0.341. The Bertz CT molecular complexity index is 2890. The Labute approximate surface area is 323 Å². The van der Waals surface area contributed by atoms with Crippen molar-refractivity contribution in [1.82, 2.24) is 0 Å². The van der Waals surface area contributed by atoms with Gasteiger partial charge < -0.3 is 0 Å². The standard InChI is InChI=1S/C55H40/c1-37-33-47(29-31-49(37)48-30-32-54-52-19-6-5-17-50(52)51-18-7-8-20-53(51)55(54)36-48)42-27-25-41(26-28-42)44-14-10-16-46(35-44)45-15-9-13-43(34-45)40-23-21-39(22-24-40)38-11-3-2-4-12-38/h2-34,36,44H,35H2,1H3. The first kappa shape index (κ1) is 32.9. The number of benzene rings is 9. The van der Waals surface area contributed by atoms with Crippen LogP contribution in [0.15, 0.2) is 206 Å². The van der Waals surface area contributed by atoms with Gasteiger partial charge in [0.2, 0.25) is 0 Å². The van der Waals surface area contributed by atoms with Crippen LogP contribution in [0.5, 0.6) is 0 Å². The van der Waals surface area contributed by atoms with Gasteiger partial charge in [-0.1, -0.05) is 194 Å². The third kappa shape index (κ3) is 6.16. The maximum Gasteiger partial charge on any atom is 0.00617 e. The molecule has 9 aromatic carbocycles. The molecule has 260 valence electrons. The van der Waals surface area contributed by atoms with Crippen LogP contribution in [-0.2, 0) is 0 Å². The molecule has 1 aliphatic carbocycles. The lowest BCUT2D eigenvalue weighted by atomic mass is 9.84. The van der Waals surface area contributed by atoms with Gasteiger partial charge in [0, 0.05) is 5.92 Å². The Balaban J connectivity index is 0.873. The van der Waals surface area contributed by atoms with Gasteiger partial charge in [-0.15, -0.1) is 0 Å². The third-order valence-corrected chi connectivity index (χ3v) is 11.6. The van der Waals surface area contributed by atoms with E-state index in [4.69, 9.17) is 0 Å². The smallest absolute Gasteiger partial charge is 0.00617 e. The lowest BCUT2D eigenvalue weighted by Crippen LogP contribution is -2.01. The number of rotatable bonds is 6. The molecule has 0 saturated carbocycles. The molecule has 1 aliphatic rings. The summed E-state index contributed by atoms with van der Waals surface area (Å²) in [5, 5.41) is 7.85. The van der Waals surface area contributed by atoms with Crippen LogP contribution in [0.1, 0.15) is 29.0 Å². The van der Waals surface area contributed by atoms with Crippen molar-refractivity contribution in [2.45, 2.75) is 19.3 Å². The second-order valence-corrected chi connectivity index (χ2v) is 14.9. The van der Waals surface area contributed by atoms with E-state index in [1.54, 1.807) is 0 Å². The SMILES string of the molecule is Cc1cc(-c2ccc(C3C=CC=C(c4cccc(-c5ccc(-c6ccccc6)cc5)c4)C3)cc2)ccc1-c1ccc2c3ccccc3c3ccccc3c2c1. The highest BCUT2D eigenvalue weighted by atomic mass is 14.2. The maximum absolute atomic E-state index is 2.39. The third-order valence-electron chi connectivity index (χ3n) is 11.6. The molecule has 9 aromatic rings. The minimum absolute atomic E-state index is 0.341. The first-order chi connectivity index (χ1) is 27.2. The van der Waals surface area contributed by atoms with E-state index in [2.05, 4.69) is 213 Å². The molecule has 0 amide bonds. The fraction of sp³-hybridized carbons (Fsp3) is 0.0545. The Morgan fingerprint density at radius 3 is 1.53 bits per heavy atom. The topological polar surface area (TPSA) is 0 Å². The summed E-state index contributed by atoms with van der Waals surface area (Å²) in [6.07, 6.45) is 7.85. The van der Waals surface area contributed by atoms with E-state index in [1.165, 1.54) is 99.1 Å². The van der Waals surface area contributed by atoms with E-state index < -0.39 is 0 Å². The van der Waals surface area contributed by atoms with Gasteiger partial charge >= 0.3 is 0 Å². The molecule has 0 aliphatic heterocycles. The molecule has 0 heteroatoms. The summed E-state index contributed by atoms with van der Waals surface area (Å²) in [4.78, 5) is 0. The zero-order valence-electron chi connectivity index (χ0n) is 30.9. The molecule has 1 unspecified atom stereocenters. The van der Waals surface area contributed by atoms with Crippen molar-refractivity contribution in [1.29, 1.82) is 0 Å². The summed E-state index contributed by atoms with van der Waals surface area (Å²) in [6, 6.07) is 69.2. The Kier molecular flexibility index (Phi) is 8.30. The summed E-state index contributed by atoms with van der Waals surface area (Å²) in [6.45, 7) is 2.24. The van der Waals surface area contributed by atoms with E-state index in [9.17, 15) is 0 Å².